The minimum atomic E-state index is -0.622. The summed E-state index contributed by atoms with van der Waals surface area (Å²) in [6, 6.07) is 8.24. The highest BCUT2D eigenvalue weighted by atomic mass is 19.1. The number of aryl methyl sites for hydroxylation is 1. The van der Waals surface area contributed by atoms with E-state index in [1.165, 1.54) is 24.3 Å². The average molecular weight is 342 g/mol. The van der Waals surface area contributed by atoms with E-state index in [1.807, 2.05) is 0 Å². The number of hydrogen-bond donors (Lipinski definition) is 2. The Morgan fingerprint density at radius 1 is 1.32 bits per heavy atom. The molecule has 3 rings (SSSR count). The first-order chi connectivity index (χ1) is 11.9. The van der Waals surface area contributed by atoms with E-state index in [-0.39, 0.29) is 17.3 Å². The fourth-order valence-electron chi connectivity index (χ4n) is 2.24. The van der Waals surface area contributed by atoms with Gasteiger partial charge in [0.25, 0.3) is 11.5 Å². The van der Waals surface area contributed by atoms with Crippen molar-refractivity contribution in [3.8, 4) is 11.4 Å². The van der Waals surface area contributed by atoms with Crippen molar-refractivity contribution in [2.75, 3.05) is 0 Å². The highest BCUT2D eigenvalue weighted by molar-refractivity contribution is 5.93. The van der Waals surface area contributed by atoms with Crippen LogP contribution in [0.15, 0.2) is 45.7 Å². The number of hydrogen-bond acceptors (Lipinski definition) is 5. The molecule has 1 amide bonds. The molecule has 0 spiro atoms. The summed E-state index contributed by atoms with van der Waals surface area (Å²) in [5, 5.41) is 6.41. The molecule has 8 heteroatoms. The first-order valence-electron chi connectivity index (χ1n) is 7.54. The number of rotatable bonds is 4. The molecule has 0 fully saturated rings. The van der Waals surface area contributed by atoms with Gasteiger partial charge in [0.1, 0.15) is 17.4 Å². The van der Waals surface area contributed by atoms with Gasteiger partial charge in [0.2, 0.25) is 11.7 Å². The Balaban J connectivity index is 1.76. The maximum absolute atomic E-state index is 13.3. The van der Waals surface area contributed by atoms with Crippen LogP contribution in [0.5, 0.6) is 0 Å². The van der Waals surface area contributed by atoms with Crippen LogP contribution in [0.25, 0.3) is 11.4 Å². The van der Waals surface area contributed by atoms with Gasteiger partial charge in [-0.2, -0.15) is 4.98 Å². The van der Waals surface area contributed by atoms with Crippen LogP contribution in [0.3, 0.4) is 0 Å². The zero-order valence-electron chi connectivity index (χ0n) is 13.5. The van der Waals surface area contributed by atoms with E-state index in [0.717, 1.165) is 0 Å². The summed E-state index contributed by atoms with van der Waals surface area (Å²) in [6.45, 7) is 3.36. The number of benzene rings is 1. The number of nitrogens with one attached hydrogen (secondary N) is 2. The van der Waals surface area contributed by atoms with Crippen molar-refractivity contribution >= 4 is 5.91 Å². The largest absolute Gasteiger partial charge is 0.340 e. The Morgan fingerprint density at radius 2 is 2.12 bits per heavy atom. The highest BCUT2D eigenvalue weighted by Crippen LogP contribution is 2.19. The smallest absolute Gasteiger partial charge is 0.260 e. The minimum absolute atomic E-state index is 0.0117. The van der Waals surface area contributed by atoms with Crippen molar-refractivity contribution in [2.45, 2.75) is 19.9 Å². The van der Waals surface area contributed by atoms with Gasteiger partial charge in [-0.1, -0.05) is 17.3 Å². The van der Waals surface area contributed by atoms with Crippen molar-refractivity contribution in [3.05, 3.63) is 69.7 Å². The van der Waals surface area contributed by atoms with Crippen LogP contribution >= 0.6 is 0 Å². The van der Waals surface area contributed by atoms with Crippen LogP contribution in [0.4, 0.5) is 4.39 Å². The Hall–Kier alpha value is -3.29. The first kappa shape index (κ1) is 16.6. The molecule has 128 valence electrons. The maximum atomic E-state index is 13.3. The molecular formula is C17H15FN4O3. The standard InChI is InChI=1S/C17H15FN4O3/c1-9-6-7-13(15(23)19-9)16(24)20-10(2)17-21-14(22-25-17)11-4-3-5-12(18)8-11/h3-8,10H,1-2H3,(H,19,23)(H,20,24). The number of nitrogens with zero attached hydrogens (tertiary/aromatic N) is 2. The predicted molar refractivity (Wildman–Crippen MR) is 87.4 cm³/mol. The molecule has 3 aromatic rings. The second kappa shape index (κ2) is 6.68. The number of H-pyrrole nitrogens is 1. The van der Waals surface area contributed by atoms with Gasteiger partial charge in [-0.25, -0.2) is 4.39 Å². The first-order valence-corrected chi connectivity index (χ1v) is 7.54. The Morgan fingerprint density at radius 3 is 2.84 bits per heavy atom. The zero-order valence-corrected chi connectivity index (χ0v) is 13.5. The Bertz CT molecular complexity index is 980. The second-order valence-corrected chi connectivity index (χ2v) is 5.55. The molecule has 1 aromatic carbocycles. The lowest BCUT2D eigenvalue weighted by atomic mass is 10.2. The molecule has 0 aliphatic heterocycles. The number of halogens is 1. The van der Waals surface area contributed by atoms with Gasteiger partial charge in [-0.05, 0) is 38.1 Å². The SMILES string of the molecule is Cc1ccc(C(=O)NC(C)c2nc(-c3cccc(F)c3)no2)c(=O)[nH]1. The summed E-state index contributed by atoms with van der Waals surface area (Å²) in [5.74, 6) is -0.608. The number of aromatic nitrogens is 3. The van der Waals surface area contributed by atoms with Gasteiger partial charge >= 0.3 is 0 Å². The van der Waals surface area contributed by atoms with Gasteiger partial charge in [0.15, 0.2) is 0 Å². The summed E-state index contributed by atoms with van der Waals surface area (Å²) in [5.41, 5.74) is 0.632. The molecule has 0 aliphatic rings. The fraction of sp³-hybridized carbons (Fsp3) is 0.176. The van der Waals surface area contributed by atoms with E-state index in [2.05, 4.69) is 20.4 Å². The van der Waals surface area contributed by atoms with Gasteiger partial charge in [0.05, 0.1) is 0 Å². The monoisotopic (exact) mass is 342 g/mol. The van der Waals surface area contributed by atoms with Crippen LogP contribution < -0.4 is 10.9 Å². The molecule has 7 nitrogen and oxygen atoms in total. The van der Waals surface area contributed by atoms with Crippen LogP contribution in [-0.4, -0.2) is 21.0 Å². The van der Waals surface area contributed by atoms with Gasteiger partial charge < -0.3 is 14.8 Å². The third kappa shape index (κ3) is 3.63. The molecule has 0 radical (unpaired) electrons. The average Bonchev–Trinajstić information content (AvgIpc) is 3.04. The fourth-order valence-corrected chi connectivity index (χ4v) is 2.24. The molecule has 0 saturated carbocycles. The topological polar surface area (TPSA) is 101 Å². The van der Waals surface area contributed by atoms with Crippen molar-refractivity contribution in [1.29, 1.82) is 0 Å². The molecule has 0 aliphatic carbocycles. The maximum Gasteiger partial charge on any atom is 0.260 e. The minimum Gasteiger partial charge on any atom is -0.340 e. The van der Waals surface area contributed by atoms with Crippen molar-refractivity contribution in [1.82, 2.24) is 20.4 Å². The number of carbonyl (C=O) groups is 1. The van der Waals surface area contributed by atoms with E-state index in [1.54, 1.807) is 26.0 Å². The lowest BCUT2D eigenvalue weighted by Gasteiger charge is -2.09. The predicted octanol–water partition coefficient (Wildman–Crippen LogP) is 2.36. The molecule has 0 bridgehead atoms. The van der Waals surface area contributed by atoms with Crippen LogP contribution in [0, 0.1) is 12.7 Å². The Kier molecular flexibility index (Phi) is 4.42. The van der Waals surface area contributed by atoms with Gasteiger partial charge in [0, 0.05) is 11.3 Å². The van der Waals surface area contributed by atoms with E-state index >= 15 is 0 Å². The highest BCUT2D eigenvalue weighted by Gasteiger charge is 2.19. The van der Waals surface area contributed by atoms with Gasteiger partial charge in [-0.3, -0.25) is 9.59 Å². The Labute approximate surface area is 141 Å². The number of aromatic amines is 1. The zero-order chi connectivity index (χ0) is 18.0. The number of carbonyl (C=O) groups excluding carboxylic acids is 1. The van der Waals surface area contributed by atoms with Crippen molar-refractivity contribution in [2.24, 2.45) is 0 Å². The van der Waals surface area contributed by atoms with E-state index in [0.29, 0.717) is 11.3 Å². The molecule has 0 saturated heterocycles. The van der Waals surface area contributed by atoms with Crippen LogP contribution in [0.2, 0.25) is 0 Å². The quantitative estimate of drug-likeness (QED) is 0.758. The molecule has 2 aromatic heterocycles. The molecule has 1 atom stereocenters. The van der Waals surface area contributed by atoms with E-state index < -0.39 is 23.3 Å². The van der Waals surface area contributed by atoms with E-state index in [4.69, 9.17) is 4.52 Å². The summed E-state index contributed by atoms with van der Waals surface area (Å²) in [6.07, 6.45) is 0. The summed E-state index contributed by atoms with van der Waals surface area (Å²) in [4.78, 5) is 30.7. The number of amides is 1. The molecule has 2 N–H and O–H groups in total. The summed E-state index contributed by atoms with van der Waals surface area (Å²) in [7, 11) is 0. The summed E-state index contributed by atoms with van der Waals surface area (Å²) < 4.78 is 18.4. The van der Waals surface area contributed by atoms with E-state index in [9.17, 15) is 14.0 Å². The molecular weight excluding hydrogens is 327 g/mol. The van der Waals surface area contributed by atoms with Crippen molar-refractivity contribution < 1.29 is 13.7 Å². The normalized spacial score (nSPS) is 12.0. The van der Waals surface area contributed by atoms with Crippen molar-refractivity contribution in [3.63, 3.8) is 0 Å². The lowest BCUT2D eigenvalue weighted by molar-refractivity contribution is 0.0931. The van der Waals surface area contributed by atoms with Crippen LogP contribution in [0.1, 0.15) is 34.9 Å². The molecule has 1 unspecified atom stereocenters. The molecule has 2 heterocycles. The molecule has 25 heavy (non-hydrogen) atoms. The second-order valence-electron chi connectivity index (χ2n) is 5.55. The van der Waals surface area contributed by atoms with Crippen LogP contribution in [-0.2, 0) is 0 Å². The number of pyridine rings is 1. The lowest BCUT2D eigenvalue weighted by Crippen LogP contribution is -2.31. The van der Waals surface area contributed by atoms with Gasteiger partial charge in [-0.15, -0.1) is 0 Å². The third-order valence-corrected chi connectivity index (χ3v) is 3.54. The summed E-state index contributed by atoms with van der Waals surface area (Å²) >= 11 is 0. The third-order valence-electron chi connectivity index (χ3n) is 3.54.